The monoisotopic (exact) mass is 366 g/mol. The maximum atomic E-state index is 2.46. The number of allylic oxidation sites excluding steroid dienone is 4. The Labute approximate surface area is 147 Å². The van der Waals surface area contributed by atoms with E-state index >= 15 is 0 Å². The first-order chi connectivity index (χ1) is 7.46. The number of halogens is 3. The topological polar surface area (TPSA) is 0 Å². The summed E-state index contributed by atoms with van der Waals surface area (Å²) in [5, 5.41) is 1.54. The fraction of sp³-hybridized carbons (Fsp3) is 0.286. The molecule has 0 N–H and O–H groups in total. The van der Waals surface area contributed by atoms with Crippen molar-refractivity contribution in [2.24, 2.45) is 0 Å². The van der Waals surface area contributed by atoms with E-state index in [0.717, 1.165) is 0 Å². The third-order valence-electron chi connectivity index (χ3n) is 3.59. The summed E-state index contributed by atoms with van der Waals surface area (Å²) in [7, 11) is -1.48. The van der Waals surface area contributed by atoms with Crippen LogP contribution >= 0.6 is 0 Å². The zero-order valence-corrected chi connectivity index (χ0v) is 16.1. The Kier molecular flexibility index (Phi) is 9.25. The molecule has 0 bridgehead atoms. The number of hydrogen-bond donors (Lipinski definition) is 0. The van der Waals surface area contributed by atoms with E-state index in [-0.39, 0.29) is 40.6 Å². The predicted octanol–water partition coefficient (Wildman–Crippen LogP) is -5.63. The van der Waals surface area contributed by atoms with Gasteiger partial charge < -0.3 is 37.2 Å². The van der Waals surface area contributed by atoms with Crippen molar-refractivity contribution in [2.45, 2.75) is 23.4 Å². The molecule has 0 saturated carbocycles. The van der Waals surface area contributed by atoms with E-state index in [1.165, 1.54) is 10.8 Å². The van der Waals surface area contributed by atoms with Gasteiger partial charge in [0.1, 0.15) is 0 Å². The van der Waals surface area contributed by atoms with Crippen molar-refractivity contribution in [3.05, 3.63) is 54.1 Å². The molecule has 0 spiro atoms. The summed E-state index contributed by atoms with van der Waals surface area (Å²) in [6.07, 6.45) is 7.09. The van der Waals surface area contributed by atoms with Crippen LogP contribution in [0.2, 0.25) is 16.4 Å². The summed E-state index contributed by atoms with van der Waals surface area (Å²) in [5.74, 6) is 0. The molecule has 1 aliphatic carbocycles. The van der Waals surface area contributed by atoms with Crippen LogP contribution in [0.25, 0.3) is 0 Å². The average Bonchev–Trinajstić information content (AvgIpc) is 2.62. The number of rotatable bonds is 2. The standard InChI is InChI=1S/C14H17Si.3ClH.Ti/c1-12-9-10-14(11-12)15(2,3)13-7-5-4-6-8-13;;;;/h4-11H,1-3H3;3*1H;/q;;;;+3/p-3. The molecule has 0 heterocycles. The van der Waals surface area contributed by atoms with Crippen molar-refractivity contribution in [1.29, 1.82) is 0 Å². The second kappa shape index (κ2) is 8.07. The van der Waals surface area contributed by atoms with Crippen molar-refractivity contribution >= 4 is 13.3 Å². The second-order valence-electron chi connectivity index (χ2n) is 5.08. The third-order valence-corrected chi connectivity index (χ3v) is 11.2. The largest absolute Gasteiger partial charge is 1.00 e. The molecule has 0 amide bonds. The third kappa shape index (κ3) is 4.23. The SMILES string of the molecule is CC1=C[C]([Ti+3])([Si](C)(C)c2ccccc2)C=C1.[Cl-].[Cl-].[Cl-]. The zero-order valence-electron chi connectivity index (χ0n) is 11.3. The van der Waals surface area contributed by atoms with E-state index < -0.39 is 8.07 Å². The molecule has 0 aliphatic heterocycles. The second-order valence-corrected chi connectivity index (χ2v) is 11.8. The van der Waals surface area contributed by atoms with Crippen LogP contribution < -0.4 is 42.4 Å². The van der Waals surface area contributed by atoms with Gasteiger partial charge in [0.05, 0.1) is 0 Å². The molecular weight excluding hydrogens is 350 g/mol. The van der Waals surface area contributed by atoms with E-state index in [9.17, 15) is 0 Å². The Morgan fingerprint density at radius 3 is 1.95 bits per heavy atom. The van der Waals surface area contributed by atoms with Crippen LogP contribution in [-0.4, -0.2) is 8.07 Å². The van der Waals surface area contributed by atoms with Crippen molar-refractivity contribution < 1.29 is 57.7 Å². The van der Waals surface area contributed by atoms with E-state index in [0.29, 0.717) is 0 Å². The maximum absolute atomic E-state index is 2.46. The quantitative estimate of drug-likeness (QED) is 0.458. The fourth-order valence-electron chi connectivity index (χ4n) is 2.20. The van der Waals surface area contributed by atoms with E-state index in [1.807, 2.05) is 0 Å². The van der Waals surface area contributed by atoms with E-state index in [1.54, 1.807) is 0 Å². The van der Waals surface area contributed by atoms with Crippen LogP contribution in [0, 0.1) is 0 Å². The molecule has 19 heavy (non-hydrogen) atoms. The van der Waals surface area contributed by atoms with Gasteiger partial charge >= 0.3 is 111 Å². The summed E-state index contributed by atoms with van der Waals surface area (Å²) < 4.78 is 0.262. The Morgan fingerprint density at radius 2 is 1.53 bits per heavy atom. The van der Waals surface area contributed by atoms with Crippen LogP contribution in [0.5, 0.6) is 0 Å². The molecule has 0 fully saturated rings. The van der Waals surface area contributed by atoms with Crippen molar-refractivity contribution in [3.63, 3.8) is 0 Å². The fourth-order valence-corrected chi connectivity index (χ4v) is 5.95. The smallest absolute Gasteiger partial charge is 1.00 e. The Balaban J connectivity index is 0. The number of hydrogen-bond acceptors (Lipinski definition) is 0. The summed E-state index contributed by atoms with van der Waals surface area (Å²) in [5.41, 5.74) is 1.40. The van der Waals surface area contributed by atoms with Gasteiger partial charge in [-0.2, -0.15) is 0 Å². The van der Waals surface area contributed by atoms with Crippen LogP contribution in [0.3, 0.4) is 0 Å². The first kappa shape index (κ1) is 21.8. The van der Waals surface area contributed by atoms with E-state index in [2.05, 4.69) is 89.0 Å². The molecule has 5 heteroatoms. The van der Waals surface area contributed by atoms with Gasteiger partial charge in [-0.15, -0.1) is 0 Å². The minimum Gasteiger partial charge on any atom is -1.00 e. The van der Waals surface area contributed by atoms with Gasteiger partial charge in [-0.1, -0.05) is 0 Å². The normalized spacial score (nSPS) is 20.8. The molecule has 1 unspecified atom stereocenters. The number of benzene rings is 1. The molecule has 1 aliphatic rings. The van der Waals surface area contributed by atoms with Gasteiger partial charge in [0.25, 0.3) is 0 Å². The average molecular weight is 368 g/mol. The minimum atomic E-state index is -1.48. The summed E-state index contributed by atoms with van der Waals surface area (Å²) in [6, 6.07) is 11.0. The molecule has 0 saturated heterocycles. The van der Waals surface area contributed by atoms with Gasteiger partial charge in [0.15, 0.2) is 0 Å². The van der Waals surface area contributed by atoms with Gasteiger partial charge in [-0.25, -0.2) is 0 Å². The Hall–Kier alpha value is 0.501. The first-order valence-electron chi connectivity index (χ1n) is 5.65. The predicted molar refractivity (Wildman–Crippen MR) is 69.1 cm³/mol. The van der Waals surface area contributed by atoms with Crippen LogP contribution in [0.15, 0.2) is 54.1 Å². The molecule has 0 aromatic heterocycles. The first-order valence-corrected chi connectivity index (χ1v) is 9.43. The summed E-state index contributed by atoms with van der Waals surface area (Å²) in [6.45, 7) is 7.11. The molecule has 0 radical (unpaired) electrons. The van der Waals surface area contributed by atoms with Gasteiger partial charge in [-0.05, 0) is 0 Å². The van der Waals surface area contributed by atoms with Crippen molar-refractivity contribution in [3.8, 4) is 0 Å². The molecule has 0 nitrogen and oxygen atoms in total. The van der Waals surface area contributed by atoms with Crippen molar-refractivity contribution in [2.75, 3.05) is 0 Å². The Morgan fingerprint density at radius 1 is 1.00 bits per heavy atom. The Bertz CT molecular complexity index is 457. The summed E-state index contributed by atoms with van der Waals surface area (Å²) in [4.78, 5) is 0. The molecule has 2 rings (SSSR count). The summed E-state index contributed by atoms with van der Waals surface area (Å²) >= 11 is 2.37. The van der Waals surface area contributed by atoms with E-state index in [4.69, 9.17) is 0 Å². The molecule has 1 aromatic carbocycles. The molecule has 1 aromatic rings. The molecule has 1 atom stereocenters. The van der Waals surface area contributed by atoms with Crippen LogP contribution in [0.4, 0.5) is 0 Å². The van der Waals surface area contributed by atoms with Crippen LogP contribution in [0.1, 0.15) is 6.92 Å². The molecule has 102 valence electrons. The van der Waals surface area contributed by atoms with Gasteiger partial charge in [0, 0.05) is 0 Å². The maximum Gasteiger partial charge on any atom is -1.00 e. The molecular formula is C14H17Cl3SiTi. The van der Waals surface area contributed by atoms with Crippen molar-refractivity contribution in [1.82, 2.24) is 0 Å². The van der Waals surface area contributed by atoms with Gasteiger partial charge in [-0.3, -0.25) is 0 Å². The van der Waals surface area contributed by atoms with Crippen LogP contribution in [-0.2, 0) is 20.4 Å². The zero-order chi connectivity index (χ0) is 11.8. The minimum absolute atomic E-state index is 0. The van der Waals surface area contributed by atoms with Gasteiger partial charge in [0.2, 0.25) is 0 Å².